The standard InChI is InChI=1S/C18H23BrN4O3S/c19-16-6-3-5-15(13-16)14-23-17(8-9-20-23)21-18(24)7-4-12-27(25,26)22-10-1-2-11-22/h3,5-6,8-9,13H,1-2,4,7,10-12,14H2,(H,21,24). The average molecular weight is 455 g/mol. The van der Waals surface area contributed by atoms with Crippen molar-refractivity contribution in [1.82, 2.24) is 14.1 Å². The minimum absolute atomic E-state index is 0.0116. The third kappa shape index (κ3) is 5.63. The summed E-state index contributed by atoms with van der Waals surface area (Å²) in [7, 11) is -3.24. The number of aromatic nitrogens is 2. The normalized spacial score (nSPS) is 15.1. The van der Waals surface area contributed by atoms with Crippen LogP contribution in [-0.4, -0.2) is 47.3 Å². The van der Waals surface area contributed by atoms with Gasteiger partial charge in [-0.25, -0.2) is 17.4 Å². The summed E-state index contributed by atoms with van der Waals surface area (Å²) in [4.78, 5) is 12.2. The third-order valence-electron chi connectivity index (χ3n) is 4.47. The summed E-state index contributed by atoms with van der Waals surface area (Å²) in [5.41, 5.74) is 1.06. The maximum atomic E-state index is 12.2. The molecular weight excluding hydrogens is 432 g/mol. The Morgan fingerprint density at radius 1 is 1.22 bits per heavy atom. The molecule has 2 heterocycles. The molecule has 1 amide bonds. The van der Waals surface area contributed by atoms with Crippen molar-refractivity contribution in [2.75, 3.05) is 24.2 Å². The van der Waals surface area contributed by atoms with Crippen LogP contribution in [0.3, 0.4) is 0 Å². The summed E-state index contributed by atoms with van der Waals surface area (Å²) in [6.45, 7) is 1.73. The van der Waals surface area contributed by atoms with Crippen LogP contribution in [0.5, 0.6) is 0 Å². The van der Waals surface area contributed by atoms with E-state index < -0.39 is 10.0 Å². The van der Waals surface area contributed by atoms with Gasteiger partial charge < -0.3 is 5.32 Å². The Hall–Kier alpha value is -1.71. The number of carbonyl (C=O) groups excluding carboxylic acids is 1. The van der Waals surface area contributed by atoms with E-state index in [1.54, 1.807) is 16.9 Å². The molecule has 1 N–H and O–H groups in total. The quantitative estimate of drug-likeness (QED) is 0.664. The minimum atomic E-state index is -3.24. The second-order valence-electron chi connectivity index (χ2n) is 6.58. The van der Waals surface area contributed by atoms with Gasteiger partial charge in [-0.15, -0.1) is 0 Å². The lowest BCUT2D eigenvalue weighted by Crippen LogP contribution is -2.30. The molecule has 1 aromatic heterocycles. The molecule has 3 rings (SSSR count). The maximum Gasteiger partial charge on any atom is 0.225 e. The van der Waals surface area contributed by atoms with Gasteiger partial charge in [0, 0.05) is 30.0 Å². The number of carbonyl (C=O) groups is 1. The van der Waals surface area contributed by atoms with Crippen molar-refractivity contribution in [2.24, 2.45) is 0 Å². The smallest absolute Gasteiger partial charge is 0.225 e. The highest BCUT2D eigenvalue weighted by molar-refractivity contribution is 9.10. The molecular formula is C18H23BrN4O3S. The molecule has 0 radical (unpaired) electrons. The van der Waals surface area contributed by atoms with E-state index >= 15 is 0 Å². The Labute approximate surface area is 167 Å². The second-order valence-corrected chi connectivity index (χ2v) is 9.58. The molecule has 0 unspecified atom stereocenters. The number of rotatable bonds is 8. The molecule has 1 aromatic carbocycles. The van der Waals surface area contributed by atoms with E-state index in [9.17, 15) is 13.2 Å². The van der Waals surface area contributed by atoms with Gasteiger partial charge in [0.05, 0.1) is 18.5 Å². The number of nitrogens with zero attached hydrogens (tertiary/aromatic N) is 3. The summed E-state index contributed by atoms with van der Waals surface area (Å²) in [6, 6.07) is 9.61. The van der Waals surface area contributed by atoms with E-state index in [1.165, 1.54) is 4.31 Å². The zero-order valence-electron chi connectivity index (χ0n) is 15.0. The van der Waals surface area contributed by atoms with Crippen molar-refractivity contribution in [3.63, 3.8) is 0 Å². The lowest BCUT2D eigenvalue weighted by Gasteiger charge is -2.15. The highest BCUT2D eigenvalue weighted by Crippen LogP contribution is 2.16. The van der Waals surface area contributed by atoms with Gasteiger partial charge in [-0.3, -0.25) is 4.79 Å². The summed E-state index contributed by atoms with van der Waals surface area (Å²) < 4.78 is 28.6. The summed E-state index contributed by atoms with van der Waals surface area (Å²) in [5.74, 6) is 0.405. The molecule has 1 saturated heterocycles. The number of benzene rings is 1. The van der Waals surface area contributed by atoms with Crippen LogP contribution in [0.15, 0.2) is 41.0 Å². The van der Waals surface area contributed by atoms with Crippen LogP contribution in [0, 0.1) is 0 Å². The van der Waals surface area contributed by atoms with Gasteiger partial charge in [0.2, 0.25) is 15.9 Å². The molecule has 146 valence electrons. The molecule has 1 aliphatic rings. The Morgan fingerprint density at radius 3 is 2.74 bits per heavy atom. The number of hydrogen-bond donors (Lipinski definition) is 1. The first-order valence-corrected chi connectivity index (χ1v) is 11.4. The molecule has 0 bridgehead atoms. The van der Waals surface area contributed by atoms with E-state index in [0.717, 1.165) is 22.9 Å². The average Bonchev–Trinajstić information content (AvgIpc) is 3.28. The zero-order chi connectivity index (χ0) is 19.3. The number of nitrogens with one attached hydrogen (secondary N) is 1. The predicted molar refractivity (Wildman–Crippen MR) is 108 cm³/mol. The lowest BCUT2D eigenvalue weighted by atomic mass is 10.2. The van der Waals surface area contributed by atoms with E-state index in [2.05, 4.69) is 26.3 Å². The van der Waals surface area contributed by atoms with Crippen LogP contribution < -0.4 is 5.32 Å². The topological polar surface area (TPSA) is 84.3 Å². The van der Waals surface area contributed by atoms with Gasteiger partial charge in [-0.2, -0.15) is 5.10 Å². The summed E-state index contributed by atoms with van der Waals surface area (Å²) in [6.07, 6.45) is 3.94. The SMILES string of the molecule is O=C(CCCS(=O)(=O)N1CCCC1)Nc1ccnn1Cc1cccc(Br)c1. The highest BCUT2D eigenvalue weighted by Gasteiger charge is 2.24. The first kappa shape index (κ1) is 20.0. The van der Waals surface area contributed by atoms with Crippen LogP contribution in [0.2, 0.25) is 0 Å². The second kappa shape index (κ2) is 8.99. The monoisotopic (exact) mass is 454 g/mol. The minimum Gasteiger partial charge on any atom is -0.311 e. The summed E-state index contributed by atoms with van der Waals surface area (Å²) >= 11 is 3.44. The van der Waals surface area contributed by atoms with Crippen LogP contribution in [-0.2, 0) is 21.4 Å². The Bertz CT molecular complexity index is 892. The fraction of sp³-hybridized carbons (Fsp3) is 0.444. The van der Waals surface area contributed by atoms with Gasteiger partial charge in [-0.05, 0) is 37.0 Å². The van der Waals surface area contributed by atoms with E-state index in [1.807, 2.05) is 24.3 Å². The largest absolute Gasteiger partial charge is 0.311 e. The molecule has 9 heteroatoms. The fourth-order valence-electron chi connectivity index (χ4n) is 3.09. The zero-order valence-corrected chi connectivity index (χ0v) is 17.4. The molecule has 27 heavy (non-hydrogen) atoms. The predicted octanol–water partition coefficient (Wildman–Crippen LogP) is 2.84. The molecule has 0 atom stereocenters. The number of halogens is 1. The van der Waals surface area contributed by atoms with Gasteiger partial charge in [0.1, 0.15) is 5.82 Å². The van der Waals surface area contributed by atoms with E-state index in [-0.39, 0.29) is 18.1 Å². The fourth-order valence-corrected chi connectivity index (χ4v) is 5.12. The van der Waals surface area contributed by atoms with Crippen molar-refractivity contribution >= 4 is 37.7 Å². The van der Waals surface area contributed by atoms with Crippen LogP contribution in [0.1, 0.15) is 31.2 Å². The molecule has 1 aliphatic heterocycles. The molecule has 0 aliphatic carbocycles. The van der Waals surface area contributed by atoms with E-state index in [4.69, 9.17) is 0 Å². The first-order chi connectivity index (χ1) is 12.9. The van der Waals surface area contributed by atoms with Crippen LogP contribution in [0.25, 0.3) is 0 Å². The van der Waals surface area contributed by atoms with Crippen molar-refractivity contribution in [3.05, 3.63) is 46.6 Å². The van der Waals surface area contributed by atoms with Gasteiger partial charge >= 0.3 is 0 Å². The van der Waals surface area contributed by atoms with Gasteiger partial charge in [0.25, 0.3) is 0 Å². The number of anilines is 1. The lowest BCUT2D eigenvalue weighted by molar-refractivity contribution is -0.116. The Kier molecular flexibility index (Phi) is 6.67. The third-order valence-corrected chi connectivity index (χ3v) is 6.92. The van der Waals surface area contributed by atoms with Crippen molar-refractivity contribution in [3.8, 4) is 0 Å². The number of sulfonamides is 1. The number of hydrogen-bond acceptors (Lipinski definition) is 4. The molecule has 7 nitrogen and oxygen atoms in total. The Balaban J connectivity index is 1.50. The van der Waals surface area contributed by atoms with Crippen molar-refractivity contribution in [2.45, 2.75) is 32.2 Å². The maximum absolute atomic E-state index is 12.2. The first-order valence-electron chi connectivity index (χ1n) is 8.98. The summed E-state index contributed by atoms with van der Waals surface area (Å²) in [5, 5.41) is 7.07. The van der Waals surface area contributed by atoms with Gasteiger partial charge in [-0.1, -0.05) is 28.1 Å². The van der Waals surface area contributed by atoms with Crippen molar-refractivity contribution < 1.29 is 13.2 Å². The molecule has 0 spiro atoms. The molecule has 0 saturated carbocycles. The number of amides is 1. The highest BCUT2D eigenvalue weighted by atomic mass is 79.9. The molecule has 2 aromatic rings. The van der Waals surface area contributed by atoms with Gasteiger partial charge in [0.15, 0.2) is 0 Å². The van der Waals surface area contributed by atoms with E-state index in [0.29, 0.717) is 31.9 Å². The van der Waals surface area contributed by atoms with Crippen molar-refractivity contribution in [1.29, 1.82) is 0 Å². The molecule has 1 fully saturated rings. The van der Waals surface area contributed by atoms with Crippen LogP contribution in [0.4, 0.5) is 5.82 Å². The van der Waals surface area contributed by atoms with Crippen LogP contribution >= 0.6 is 15.9 Å². The Morgan fingerprint density at radius 2 is 2.00 bits per heavy atom.